The lowest BCUT2D eigenvalue weighted by atomic mass is 10.1. The predicted octanol–water partition coefficient (Wildman–Crippen LogP) is 2.78. The van der Waals surface area contributed by atoms with Gasteiger partial charge in [-0.1, -0.05) is 32.0 Å². The zero-order chi connectivity index (χ0) is 11.5. The second-order valence-corrected chi connectivity index (χ2v) is 4.36. The van der Waals surface area contributed by atoms with Gasteiger partial charge in [0.15, 0.2) is 0 Å². The minimum atomic E-state index is 0.137. The van der Waals surface area contributed by atoms with Crippen molar-refractivity contribution in [1.29, 1.82) is 0 Å². The van der Waals surface area contributed by atoms with Crippen LogP contribution in [0.15, 0.2) is 36.5 Å². The number of para-hydroxylation sites is 1. The highest BCUT2D eigenvalue weighted by atomic mass is 16.3. The average molecular weight is 216 g/mol. The molecule has 0 aliphatic rings. The first kappa shape index (κ1) is 10.7. The maximum absolute atomic E-state index is 9.71. The third-order valence-corrected chi connectivity index (χ3v) is 2.42. The fourth-order valence-electron chi connectivity index (χ4n) is 1.70. The number of aromatic nitrogens is 2. The monoisotopic (exact) mass is 216 g/mol. The Kier molecular flexibility index (Phi) is 2.95. The standard InChI is InChI=1S/C13H16N2O/c1-10(2)8-11-9-15(14-13(11)16)12-6-4-3-5-7-12/h3-7,9-10H,8H2,1-2H3,(H,14,16). The van der Waals surface area contributed by atoms with Crippen LogP contribution in [-0.2, 0) is 6.42 Å². The molecule has 16 heavy (non-hydrogen) atoms. The first-order valence-corrected chi connectivity index (χ1v) is 5.49. The molecule has 0 radical (unpaired) electrons. The molecule has 0 saturated heterocycles. The van der Waals surface area contributed by atoms with Crippen LogP contribution in [0.2, 0.25) is 0 Å². The Hall–Kier alpha value is -1.77. The minimum absolute atomic E-state index is 0.137. The molecule has 0 aliphatic carbocycles. The summed E-state index contributed by atoms with van der Waals surface area (Å²) in [6.07, 6.45) is 2.74. The van der Waals surface area contributed by atoms with Crippen molar-refractivity contribution in [2.75, 3.05) is 0 Å². The summed E-state index contributed by atoms with van der Waals surface area (Å²) < 4.78 is 1.72. The van der Waals surface area contributed by atoms with Crippen LogP contribution in [0, 0.1) is 5.92 Å². The molecule has 1 N–H and O–H groups in total. The van der Waals surface area contributed by atoms with Crippen molar-refractivity contribution < 1.29 is 5.11 Å². The van der Waals surface area contributed by atoms with Crippen molar-refractivity contribution in [2.45, 2.75) is 20.3 Å². The Labute approximate surface area is 95.3 Å². The van der Waals surface area contributed by atoms with Gasteiger partial charge >= 0.3 is 0 Å². The number of benzene rings is 1. The van der Waals surface area contributed by atoms with Gasteiger partial charge in [0.25, 0.3) is 0 Å². The van der Waals surface area contributed by atoms with Gasteiger partial charge in [0.2, 0.25) is 5.88 Å². The fraction of sp³-hybridized carbons (Fsp3) is 0.308. The molecule has 2 rings (SSSR count). The van der Waals surface area contributed by atoms with Gasteiger partial charge in [-0.15, -0.1) is 5.10 Å². The summed E-state index contributed by atoms with van der Waals surface area (Å²) in [5.41, 5.74) is 1.87. The number of hydrogen-bond acceptors (Lipinski definition) is 2. The molecule has 1 aromatic carbocycles. The summed E-state index contributed by atoms with van der Waals surface area (Å²) >= 11 is 0. The van der Waals surface area contributed by atoms with Gasteiger partial charge in [-0.3, -0.25) is 0 Å². The molecule has 1 heterocycles. The predicted molar refractivity (Wildman–Crippen MR) is 63.8 cm³/mol. The Morgan fingerprint density at radius 1 is 1.25 bits per heavy atom. The fourth-order valence-corrected chi connectivity index (χ4v) is 1.70. The smallest absolute Gasteiger partial charge is 0.233 e. The van der Waals surface area contributed by atoms with E-state index >= 15 is 0 Å². The topological polar surface area (TPSA) is 38.0 Å². The third kappa shape index (κ3) is 2.24. The first-order chi connectivity index (χ1) is 7.66. The van der Waals surface area contributed by atoms with Gasteiger partial charge in [-0.05, 0) is 24.5 Å². The summed E-state index contributed by atoms with van der Waals surface area (Å²) in [4.78, 5) is 0. The Bertz CT molecular complexity index is 460. The SMILES string of the molecule is CC(C)Cc1cn(-c2ccccc2)nc1O. The summed E-state index contributed by atoms with van der Waals surface area (Å²) in [5.74, 6) is 0.650. The molecule has 0 unspecified atom stereocenters. The molecule has 2 aromatic rings. The number of aromatic hydroxyl groups is 1. The molecule has 0 aliphatic heterocycles. The van der Waals surface area contributed by atoms with Crippen molar-refractivity contribution in [3.05, 3.63) is 42.1 Å². The van der Waals surface area contributed by atoms with Crippen LogP contribution in [0.25, 0.3) is 5.69 Å². The summed E-state index contributed by atoms with van der Waals surface area (Å²) in [7, 11) is 0. The molecule has 1 aromatic heterocycles. The lowest BCUT2D eigenvalue weighted by molar-refractivity contribution is 0.438. The van der Waals surface area contributed by atoms with E-state index in [1.165, 1.54) is 0 Å². The highest BCUT2D eigenvalue weighted by molar-refractivity contribution is 5.34. The van der Waals surface area contributed by atoms with Gasteiger partial charge in [-0.2, -0.15) is 0 Å². The molecule has 84 valence electrons. The highest BCUT2D eigenvalue weighted by Gasteiger charge is 2.09. The van der Waals surface area contributed by atoms with Crippen LogP contribution in [0.4, 0.5) is 0 Å². The molecular weight excluding hydrogens is 200 g/mol. The van der Waals surface area contributed by atoms with Gasteiger partial charge in [-0.25, -0.2) is 4.68 Å². The lowest BCUT2D eigenvalue weighted by Crippen LogP contribution is -1.94. The third-order valence-electron chi connectivity index (χ3n) is 2.42. The second-order valence-electron chi connectivity index (χ2n) is 4.36. The molecule has 3 heteroatoms. The maximum atomic E-state index is 9.71. The van der Waals surface area contributed by atoms with E-state index in [1.54, 1.807) is 4.68 Å². The van der Waals surface area contributed by atoms with Gasteiger partial charge in [0.1, 0.15) is 0 Å². The molecule has 3 nitrogen and oxygen atoms in total. The van der Waals surface area contributed by atoms with Crippen LogP contribution >= 0.6 is 0 Å². The quantitative estimate of drug-likeness (QED) is 0.856. The van der Waals surface area contributed by atoms with E-state index in [0.717, 1.165) is 17.7 Å². The van der Waals surface area contributed by atoms with E-state index in [-0.39, 0.29) is 5.88 Å². The van der Waals surface area contributed by atoms with Crippen molar-refractivity contribution in [2.24, 2.45) is 5.92 Å². The molecule has 0 bridgehead atoms. The number of rotatable bonds is 3. The molecule has 0 amide bonds. The van der Waals surface area contributed by atoms with E-state index in [9.17, 15) is 5.11 Å². The minimum Gasteiger partial charge on any atom is -0.492 e. The second kappa shape index (κ2) is 4.39. The number of hydrogen-bond donors (Lipinski definition) is 1. The van der Waals surface area contributed by atoms with E-state index < -0.39 is 0 Å². The normalized spacial score (nSPS) is 10.9. The molecule has 0 saturated carbocycles. The molecule has 0 spiro atoms. The van der Waals surface area contributed by atoms with E-state index in [0.29, 0.717) is 5.92 Å². The van der Waals surface area contributed by atoms with Crippen LogP contribution in [0.1, 0.15) is 19.4 Å². The first-order valence-electron chi connectivity index (χ1n) is 5.49. The van der Waals surface area contributed by atoms with Crippen LogP contribution < -0.4 is 0 Å². The van der Waals surface area contributed by atoms with E-state index in [2.05, 4.69) is 18.9 Å². The highest BCUT2D eigenvalue weighted by Crippen LogP contribution is 2.20. The zero-order valence-electron chi connectivity index (χ0n) is 9.59. The molecule has 0 atom stereocenters. The van der Waals surface area contributed by atoms with Crippen LogP contribution in [0.3, 0.4) is 0 Å². The van der Waals surface area contributed by atoms with Crippen molar-refractivity contribution >= 4 is 0 Å². The average Bonchev–Trinajstić information content (AvgIpc) is 2.61. The Morgan fingerprint density at radius 3 is 2.56 bits per heavy atom. The number of nitrogens with zero attached hydrogens (tertiary/aromatic N) is 2. The summed E-state index contributed by atoms with van der Waals surface area (Å²) in [6, 6.07) is 9.80. The van der Waals surface area contributed by atoms with E-state index in [1.807, 2.05) is 36.5 Å². The van der Waals surface area contributed by atoms with Crippen LogP contribution in [-0.4, -0.2) is 14.9 Å². The van der Waals surface area contributed by atoms with Crippen molar-refractivity contribution in [3.63, 3.8) is 0 Å². The largest absolute Gasteiger partial charge is 0.492 e. The van der Waals surface area contributed by atoms with E-state index in [4.69, 9.17) is 0 Å². The van der Waals surface area contributed by atoms with Gasteiger partial charge in [0.05, 0.1) is 5.69 Å². The maximum Gasteiger partial charge on any atom is 0.233 e. The van der Waals surface area contributed by atoms with Crippen LogP contribution in [0.5, 0.6) is 5.88 Å². The zero-order valence-corrected chi connectivity index (χ0v) is 9.59. The Balaban J connectivity index is 2.31. The Morgan fingerprint density at radius 2 is 1.94 bits per heavy atom. The van der Waals surface area contributed by atoms with Gasteiger partial charge < -0.3 is 5.11 Å². The van der Waals surface area contributed by atoms with Crippen molar-refractivity contribution in [1.82, 2.24) is 9.78 Å². The van der Waals surface area contributed by atoms with Gasteiger partial charge in [0, 0.05) is 11.8 Å². The lowest BCUT2D eigenvalue weighted by Gasteiger charge is -2.00. The van der Waals surface area contributed by atoms with Crippen molar-refractivity contribution in [3.8, 4) is 11.6 Å². The summed E-state index contributed by atoms with van der Waals surface area (Å²) in [6.45, 7) is 4.25. The summed E-state index contributed by atoms with van der Waals surface area (Å²) in [5, 5.41) is 13.8. The molecular formula is C13H16N2O. The molecule has 0 fully saturated rings.